The Balaban J connectivity index is 1.54. The maximum Gasteiger partial charge on any atom is 0.277 e. The van der Waals surface area contributed by atoms with Crippen molar-refractivity contribution in [2.24, 2.45) is 5.10 Å². The van der Waals surface area contributed by atoms with Crippen LogP contribution in [0, 0.1) is 0 Å². The van der Waals surface area contributed by atoms with Gasteiger partial charge >= 0.3 is 0 Å². The molecule has 0 atom stereocenters. The van der Waals surface area contributed by atoms with Crippen LogP contribution in [0.1, 0.15) is 30.0 Å². The second-order valence-corrected chi connectivity index (χ2v) is 8.82. The molecule has 0 aliphatic heterocycles. The number of ether oxygens (including phenoxy) is 2. The Morgan fingerprint density at radius 2 is 1.75 bits per heavy atom. The SMILES string of the molecule is CCCc1ccc(OCC(=O)N/N=C/c2cc(Br)ccc2OCc2ccccc2)c(Br)c1. The molecule has 0 radical (unpaired) electrons. The third-order valence-corrected chi connectivity index (χ3v) is 5.61. The highest BCUT2D eigenvalue weighted by Gasteiger charge is 2.07. The van der Waals surface area contributed by atoms with Crippen LogP contribution >= 0.6 is 31.9 Å². The van der Waals surface area contributed by atoms with Crippen LogP contribution < -0.4 is 14.9 Å². The summed E-state index contributed by atoms with van der Waals surface area (Å²) in [6.07, 6.45) is 3.63. The maximum absolute atomic E-state index is 12.1. The first-order valence-corrected chi connectivity index (χ1v) is 11.8. The predicted octanol–water partition coefficient (Wildman–Crippen LogP) is 6.27. The first-order chi connectivity index (χ1) is 15.5. The topological polar surface area (TPSA) is 59.9 Å². The van der Waals surface area contributed by atoms with Crippen molar-refractivity contribution in [2.45, 2.75) is 26.4 Å². The molecule has 0 spiro atoms. The molecule has 3 aromatic rings. The Morgan fingerprint density at radius 3 is 2.50 bits per heavy atom. The molecule has 0 saturated heterocycles. The van der Waals surface area contributed by atoms with Crippen LogP contribution in [0.25, 0.3) is 0 Å². The highest BCUT2D eigenvalue weighted by atomic mass is 79.9. The van der Waals surface area contributed by atoms with Gasteiger partial charge in [-0.25, -0.2) is 5.43 Å². The average Bonchev–Trinajstić information content (AvgIpc) is 2.79. The monoisotopic (exact) mass is 558 g/mol. The first kappa shape index (κ1) is 24.0. The molecule has 0 fully saturated rings. The zero-order valence-corrected chi connectivity index (χ0v) is 20.9. The van der Waals surface area contributed by atoms with Crippen molar-refractivity contribution in [3.05, 3.63) is 92.4 Å². The van der Waals surface area contributed by atoms with Gasteiger partial charge in [0, 0.05) is 10.0 Å². The minimum Gasteiger partial charge on any atom is -0.488 e. The van der Waals surface area contributed by atoms with Crippen LogP contribution in [0.4, 0.5) is 0 Å². The molecule has 1 N–H and O–H groups in total. The van der Waals surface area contributed by atoms with E-state index < -0.39 is 0 Å². The molecule has 7 heteroatoms. The molecule has 3 aromatic carbocycles. The van der Waals surface area contributed by atoms with Crippen LogP contribution in [-0.4, -0.2) is 18.7 Å². The molecule has 0 aliphatic carbocycles. The van der Waals surface area contributed by atoms with E-state index >= 15 is 0 Å². The van der Waals surface area contributed by atoms with Gasteiger partial charge in [0.2, 0.25) is 0 Å². The number of hydrogen-bond acceptors (Lipinski definition) is 4. The molecule has 0 bridgehead atoms. The normalized spacial score (nSPS) is 10.8. The first-order valence-electron chi connectivity index (χ1n) is 10.2. The highest BCUT2D eigenvalue weighted by molar-refractivity contribution is 9.10. The Kier molecular flexibility index (Phi) is 9.31. The van der Waals surface area contributed by atoms with E-state index in [4.69, 9.17) is 9.47 Å². The van der Waals surface area contributed by atoms with E-state index in [0.29, 0.717) is 18.1 Å². The second kappa shape index (κ2) is 12.4. The Bertz CT molecular complexity index is 1070. The van der Waals surface area contributed by atoms with Gasteiger partial charge in [-0.3, -0.25) is 4.79 Å². The van der Waals surface area contributed by atoms with Crippen LogP contribution in [0.3, 0.4) is 0 Å². The molecule has 5 nitrogen and oxygen atoms in total. The molecule has 0 saturated carbocycles. The third-order valence-electron chi connectivity index (χ3n) is 4.50. The molecule has 32 heavy (non-hydrogen) atoms. The fourth-order valence-corrected chi connectivity index (χ4v) is 3.86. The number of benzene rings is 3. The molecule has 3 rings (SSSR count). The van der Waals surface area contributed by atoms with Gasteiger partial charge in [-0.15, -0.1) is 0 Å². The van der Waals surface area contributed by atoms with Crippen LogP contribution in [0.2, 0.25) is 0 Å². The maximum atomic E-state index is 12.1. The van der Waals surface area contributed by atoms with Crippen LogP contribution in [0.15, 0.2) is 80.8 Å². The Morgan fingerprint density at radius 1 is 0.969 bits per heavy atom. The number of amides is 1. The number of rotatable bonds is 10. The summed E-state index contributed by atoms with van der Waals surface area (Å²) in [7, 11) is 0. The molecular formula is C25H24Br2N2O3. The van der Waals surface area contributed by atoms with E-state index in [0.717, 1.165) is 32.9 Å². The zero-order chi connectivity index (χ0) is 22.8. The van der Waals surface area contributed by atoms with Gasteiger partial charge in [0.05, 0.1) is 10.7 Å². The van der Waals surface area contributed by atoms with Crippen molar-refractivity contribution >= 4 is 44.0 Å². The van der Waals surface area contributed by atoms with E-state index in [9.17, 15) is 4.79 Å². The van der Waals surface area contributed by atoms with E-state index in [1.54, 1.807) is 6.21 Å². The van der Waals surface area contributed by atoms with Gasteiger partial charge in [-0.1, -0.05) is 65.7 Å². The molecule has 0 unspecified atom stereocenters. The largest absolute Gasteiger partial charge is 0.488 e. The van der Waals surface area contributed by atoms with Crippen molar-refractivity contribution in [3.63, 3.8) is 0 Å². The highest BCUT2D eigenvalue weighted by Crippen LogP contribution is 2.26. The number of hydrogen-bond donors (Lipinski definition) is 1. The second-order valence-electron chi connectivity index (χ2n) is 7.05. The molecule has 166 valence electrons. The number of aryl methyl sites for hydroxylation is 1. The van der Waals surface area contributed by atoms with Gasteiger partial charge in [-0.2, -0.15) is 5.10 Å². The average molecular weight is 560 g/mol. The summed E-state index contributed by atoms with van der Waals surface area (Å²) in [5, 5.41) is 4.05. The molecule has 0 aliphatic rings. The third kappa shape index (κ3) is 7.50. The van der Waals surface area contributed by atoms with Crippen molar-refractivity contribution < 1.29 is 14.3 Å². The number of carbonyl (C=O) groups excluding carboxylic acids is 1. The quantitative estimate of drug-likeness (QED) is 0.235. The van der Waals surface area contributed by atoms with Gasteiger partial charge in [0.1, 0.15) is 18.1 Å². The lowest BCUT2D eigenvalue weighted by molar-refractivity contribution is -0.123. The van der Waals surface area contributed by atoms with E-state index in [2.05, 4.69) is 49.3 Å². The van der Waals surface area contributed by atoms with Gasteiger partial charge in [-0.05, 0) is 63.8 Å². The van der Waals surface area contributed by atoms with Crippen LogP contribution in [-0.2, 0) is 17.8 Å². The lowest BCUT2D eigenvalue weighted by Gasteiger charge is -2.10. The van der Waals surface area contributed by atoms with Crippen LogP contribution in [0.5, 0.6) is 11.5 Å². The number of halogens is 2. The molecular weight excluding hydrogens is 536 g/mol. The fraction of sp³-hybridized carbons (Fsp3) is 0.200. The van der Waals surface area contributed by atoms with Crippen molar-refractivity contribution in [2.75, 3.05) is 6.61 Å². The van der Waals surface area contributed by atoms with E-state index in [1.165, 1.54) is 5.56 Å². The van der Waals surface area contributed by atoms with Gasteiger partial charge in [0.15, 0.2) is 6.61 Å². The fourth-order valence-electron chi connectivity index (χ4n) is 2.94. The van der Waals surface area contributed by atoms with Crippen molar-refractivity contribution in [1.29, 1.82) is 0 Å². The van der Waals surface area contributed by atoms with E-state index in [1.807, 2.05) is 66.7 Å². The number of hydrazone groups is 1. The minimum atomic E-state index is -0.354. The molecule has 0 aromatic heterocycles. The summed E-state index contributed by atoms with van der Waals surface area (Å²) in [6.45, 7) is 2.43. The summed E-state index contributed by atoms with van der Waals surface area (Å²) in [4.78, 5) is 12.1. The standard InChI is InChI=1S/C25H24Br2N2O3/c1-2-6-18-9-11-24(22(27)13-18)32-17-25(30)29-28-15-20-14-21(26)10-12-23(20)31-16-19-7-4-3-5-8-19/h3-5,7-15H,2,6,16-17H2,1H3,(H,29,30)/b28-15+. The summed E-state index contributed by atoms with van der Waals surface area (Å²) < 4.78 is 13.2. The number of carbonyl (C=O) groups is 1. The summed E-state index contributed by atoms with van der Waals surface area (Å²) in [6, 6.07) is 21.4. The van der Waals surface area contributed by atoms with E-state index in [-0.39, 0.29) is 12.5 Å². The summed E-state index contributed by atoms with van der Waals surface area (Å²) >= 11 is 6.95. The van der Waals surface area contributed by atoms with Crippen molar-refractivity contribution in [1.82, 2.24) is 5.43 Å². The zero-order valence-electron chi connectivity index (χ0n) is 17.7. The van der Waals surface area contributed by atoms with Crippen molar-refractivity contribution in [3.8, 4) is 11.5 Å². The molecule has 0 heterocycles. The van der Waals surface area contributed by atoms with Gasteiger partial charge in [0.25, 0.3) is 5.91 Å². The minimum absolute atomic E-state index is 0.140. The Labute approximate surface area is 205 Å². The van der Waals surface area contributed by atoms with Gasteiger partial charge < -0.3 is 9.47 Å². The lowest BCUT2D eigenvalue weighted by Crippen LogP contribution is -2.24. The number of nitrogens with zero attached hydrogens (tertiary/aromatic N) is 1. The number of nitrogens with one attached hydrogen (secondary N) is 1. The predicted molar refractivity (Wildman–Crippen MR) is 134 cm³/mol. The molecule has 1 amide bonds. The smallest absolute Gasteiger partial charge is 0.277 e. The lowest BCUT2D eigenvalue weighted by atomic mass is 10.1. The summed E-state index contributed by atoms with van der Waals surface area (Å²) in [5.74, 6) is 0.933. The Hall–Kier alpha value is -2.64. The summed E-state index contributed by atoms with van der Waals surface area (Å²) in [5.41, 5.74) is 5.52.